The lowest BCUT2D eigenvalue weighted by atomic mass is 10.3. The summed E-state index contributed by atoms with van der Waals surface area (Å²) >= 11 is 3.41. The molecule has 0 aliphatic rings. The van der Waals surface area contributed by atoms with Crippen molar-refractivity contribution in [1.82, 2.24) is 4.98 Å². The van der Waals surface area contributed by atoms with Crippen molar-refractivity contribution in [3.63, 3.8) is 0 Å². The molecule has 4 nitrogen and oxygen atoms in total. The van der Waals surface area contributed by atoms with Gasteiger partial charge >= 0.3 is 0 Å². The molecule has 3 N–H and O–H groups in total. The van der Waals surface area contributed by atoms with Gasteiger partial charge < -0.3 is 15.8 Å². The predicted molar refractivity (Wildman–Crippen MR) is 72.6 cm³/mol. The summed E-state index contributed by atoms with van der Waals surface area (Å²) in [5.41, 5.74) is 7.16. The molecule has 0 spiro atoms. The van der Waals surface area contributed by atoms with Gasteiger partial charge in [0.05, 0.1) is 12.8 Å². The number of rotatable bonds is 3. The molecule has 2 aromatic rings. The molecule has 0 aliphatic carbocycles. The van der Waals surface area contributed by atoms with Crippen LogP contribution in [0.5, 0.6) is 5.88 Å². The minimum Gasteiger partial charge on any atom is -0.479 e. The maximum atomic E-state index is 5.69. The molecule has 1 aromatic carbocycles. The lowest BCUT2D eigenvalue weighted by Gasteiger charge is -2.08. The van der Waals surface area contributed by atoms with Crippen molar-refractivity contribution in [2.24, 2.45) is 0 Å². The van der Waals surface area contributed by atoms with E-state index in [9.17, 15) is 0 Å². The van der Waals surface area contributed by atoms with Gasteiger partial charge in [0.2, 0.25) is 5.88 Å². The third-order valence-corrected chi connectivity index (χ3v) is 2.67. The Bertz CT molecular complexity index is 531. The van der Waals surface area contributed by atoms with Crippen molar-refractivity contribution in [2.45, 2.75) is 0 Å². The summed E-state index contributed by atoms with van der Waals surface area (Å²) in [5.74, 6) is 1.11. The number of pyridine rings is 1. The highest BCUT2D eigenvalue weighted by Gasteiger charge is 2.03. The second-order valence-electron chi connectivity index (χ2n) is 3.43. The quantitative estimate of drug-likeness (QED) is 0.912. The number of nitrogens with two attached hydrogens (primary N) is 1. The van der Waals surface area contributed by atoms with Crippen LogP contribution in [0, 0.1) is 0 Å². The summed E-state index contributed by atoms with van der Waals surface area (Å²) in [6.45, 7) is 0. The number of ether oxygens (including phenoxy) is 1. The van der Waals surface area contributed by atoms with Crippen molar-refractivity contribution < 1.29 is 4.74 Å². The molecule has 0 radical (unpaired) electrons. The zero-order chi connectivity index (χ0) is 12.3. The lowest BCUT2D eigenvalue weighted by Crippen LogP contribution is -1.99. The van der Waals surface area contributed by atoms with E-state index in [0.29, 0.717) is 17.4 Å². The number of nitrogens with zero attached hydrogens (tertiary/aromatic N) is 1. The number of aromatic nitrogens is 1. The Balaban J connectivity index is 2.24. The van der Waals surface area contributed by atoms with Gasteiger partial charge in [0.25, 0.3) is 0 Å². The van der Waals surface area contributed by atoms with E-state index in [1.807, 2.05) is 24.3 Å². The molecule has 0 atom stereocenters. The van der Waals surface area contributed by atoms with Gasteiger partial charge in [-0.2, -0.15) is 4.98 Å². The first kappa shape index (κ1) is 11.7. The lowest BCUT2D eigenvalue weighted by molar-refractivity contribution is 0.401. The highest BCUT2D eigenvalue weighted by molar-refractivity contribution is 9.10. The van der Waals surface area contributed by atoms with Crippen LogP contribution < -0.4 is 15.8 Å². The minimum atomic E-state index is 0.421. The van der Waals surface area contributed by atoms with E-state index in [2.05, 4.69) is 26.2 Å². The van der Waals surface area contributed by atoms with Gasteiger partial charge in [-0.3, -0.25) is 0 Å². The van der Waals surface area contributed by atoms with Gasteiger partial charge in [-0.05, 0) is 30.3 Å². The van der Waals surface area contributed by atoms with Gasteiger partial charge in [0.1, 0.15) is 5.82 Å². The summed E-state index contributed by atoms with van der Waals surface area (Å²) in [7, 11) is 1.54. The van der Waals surface area contributed by atoms with Crippen molar-refractivity contribution in [1.29, 1.82) is 0 Å². The van der Waals surface area contributed by atoms with E-state index in [1.165, 1.54) is 0 Å². The van der Waals surface area contributed by atoms with Crippen LogP contribution in [0.25, 0.3) is 0 Å². The van der Waals surface area contributed by atoms with E-state index in [-0.39, 0.29) is 0 Å². The molecular formula is C12H12BrN3O. The summed E-state index contributed by atoms with van der Waals surface area (Å²) in [5, 5.41) is 3.17. The topological polar surface area (TPSA) is 60.2 Å². The van der Waals surface area contributed by atoms with Gasteiger partial charge in [0.15, 0.2) is 0 Å². The molecular weight excluding hydrogens is 282 g/mol. The fourth-order valence-corrected chi connectivity index (χ4v) is 1.80. The highest BCUT2D eigenvalue weighted by Crippen LogP contribution is 2.24. The number of anilines is 3. The van der Waals surface area contributed by atoms with E-state index in [4.69, 9.17) is 10.5 Å². The third kappa shape index (κ3) is 2.88. The second kappa shape index (κ2) is 5.05. The first-order valence-corrected chi connectivity index (χ1v) is 5.81. The molecule has 0 unspecified atom stereocenters. The monoisotopic (exact) mass is 293 g/mol. The van der Waals surface area contributed by atoms with Crippen LogP contribution >= 0.6 is 15.9 Å². The average molecular weight is 294 g/mol. The Morgan fingerprint density at radius 2 is 2.12 bits per heavy atom. The Hall–Kier alpha value is -1.75. The van der Waals surface area contributed by atoms with Gasteiger partial charge in [-0.15, -0.1) is 0 Å². The summed E-state index contributed by atoms with van der Waals surface area (Å²) < 4.78 is 6.07. The number of nitrogens with one attached hydrogen (secondary N) is 1. The number of benzene rings is 1. The molecule has 88 valence electrons. The normalized spacial score (nSPS) is 10.0. The van der Waals surface area contributed by atoms with E-state index in [1.54, 1.807) is 19.2 Å². The molecule has 0 aliphatic heterocycles. The van der Waals surface area contributed by atoms with Crippen LogP contribution in [-0.2, 0) is 0 Å². The predicted octanol–water partition coefficient (Wildman–Crippen LogP) is 3.18. The summed E-state index contributed by atoms with van der Waals surface area (Å²) in [6, 6.07) is 11.4. The molecule has 0 amide bonds. The van der Waals surface area contributed by atoms with Crippen molar-refractivity contribution in [2.75, 3.05) is 18.2 Å². The Kier molecular flexibility index (Phi) is 3.49. The van der Waals surface area contributed by atoms with Crippen LogP contribution in [0.3, 0.4) is 0 Å². The molecule has 1 aromatic heterocycles. The molecule has 0 saturated heterocycles. The Labute approximate surface area is 108 Å². The van der Waals surface area contributed by atoms with Crippen molar-refractivity contribution in [3.05, 3.63) is 40.9 Å². The SMILES string of the molecule is COc1nc(Nc2cccc(Br)c2)ccc1N. The molecule has 0 fully saturated rings. The largest absolute Gasteiger partial charge is 0.479 e. The summed E-state index contributed by atoms with van der Waals surface area (Å²) in [6.07, 6.45) is 0. The average Bonchev–Trinajstić information content (AvgIpc) is 2.32. The van der Waals surface area contributed by atoms with Gasteiger partial charge in [0, 0.05) is 10.2 Å². The van der Waals surface area contributed by atoms with Gasteiger partial charge in [-0.1, -0.05) is 22.0 Å². The first-order chi connectivity index (χ1) is 8.19. The Morgan fingerprint density at radius 3 is 2.82 bits per heavy atom. The molecule has 5 heteroatoms. The number of halogens is 1. The van der Waals surface area contributed by atoms with Gasteiger partial charge in [-0.25, -0.2) is 0 Å². The van der Waals surface area contributed by atoms with Crippen LogP contribution in [-0.4, -0.2) is 12.1 Å². The van der Waals surface area contributed by atoms with Crippen molar-refractivity contribution >= 4 is 33.1 Å². The minimum absolute atomic E-state index is 0.421. The standard InChI is InChI=1S/C12H12BrN3O/c1-17-12-10(14)5-6-11(16-12)15-9-4-2-3-8(13)7-9/h2-7H,14H2,1H3,(H,15,16). The number of methoxy groups -OCH3 is 1. The van der Waals surface area contributed by atoms with E-state index >= 15 is 0 Å². The van der Waals surface area contributed by atoms with Crippen molar-refractivity contribution in [3.8, 4) is 5.88 Å². The van der Waals surface area contributed by atoms with Crippen LogP contribution in [0.1, 0.15) is 0 Å². The van der Waals surface area contributed by atoms with E-state index < -0.39 is 0 Å². The molecule has 17 heavy (non-hydrogen) atoms. The zero-order valence-corrected chi connectivity index (χ0v) is 10.9. The maximum Gasteiger partial charge on any atom is 0.238 e. The second-order valence-corrected chi connectivity index (χ2v) is 4.35. The smallest absolute Gasteiger partial charge is 0.238 e. The third-order valence-electron chi connectivity index (χ3n) is 2.18. The fourth-order valence-electron chi connectivity index (χ4n) is 1.40. The fraction of sp³-hybridized carbons (Fsp3) is 0.0833. The van der Waals surface area contributed by atoms with E-state index in [0.717, 1.165) is 10.2 Å². The van der Waals surface area contributed by atoms with Crippen LogP contribution in [0.4, 0.5) is 17.2 Å². The number of hydrogen-bond acceptors (Lipinski definition) is 4. The maximum absolute atomic E-state index is 5.69. The highest BCUT2D eigenvalue weighted by atomic mass is 79.9. The van der Waals surface area contributed by atoms with Crippen LogP contribution in [0.15, 0.2) is 40.9 Å². The zero-order valence-electron chi connectivity index (χ0n) is 9.27. The molecule has 0 bridgehead atoms. The van der Waals surface area contributed by atoms with Crippen LogP contribution in [0.2, 0.25) is 0 Å². The molecule has 0 saturated carbocycles. The molecule has 2 rings (SSSR count). The summed E-state index contributed by atoms with van der Waals surface area (Å²) in [4.78, 5) is 4.24. The number of nitrogen functional groups attached to an aromatic ring is 1. The first-order valence-electron chi connectivity index (χ1n) is 5.02. The number of hydrogen-bond donors (Lipinski definition) is 2. The molecule has 1 heterocycles. The Morgan fingerprint density at radius 1 is 1.29 bits per heavy atom.